The summed E-state index contributed by atoms with van der Waals surface area (Å²) in [5.74, 6) is 0.0109. The van der Waals surface area contributed by atoms with Crippen LogP contribution in [0.4, 0.5) is 10.1 Å². The lowest BCUT2D eigenvalue weighted by atomic mass is 10.0. The molecule has 5 aromatic heterocycles. The SMILES string of the molecule is CN(C)CC(=O)Nc1cncc(-c2ccc3[nH]nc(-c4cc5c(-c6cc(F)cc(OCCN7CCCC7)c6)ccnc5[nH]4)c3n2)c1. The molecule has 6 aromatic rings. The van der Waals surface area contributed by atoms with E-state index in [1.807, 2.05) is 50.5 Å². The van der Waals surface area contributed by atoms with Crippen LogP contribution < -0.4 is 10.1 Å². The van der Waals surface area contributed by atoms with E-state index in [0.29, 0.717) is 51.9 Å². The predicted molar refractivity (Wildman–Crippen MR) is 176 cm³/mol. The Balaban J connectivity index is 1.18. The number of hydrogen-bond donors (Lipinski definition) is 3. The molecule has 0 unspecified atom stereocenters. The smallest absolute Gasteiger partial charge is 0.238 e. The van der Waals surface area contributed by atoms with E-state index in [1.165, 1.54) is 25.0 Å². The second-order valence-electron chi connectivity index (χ2n) is 11.8. The normalized spacial score (nSPS) is 13.7. The van der Waals surface area contributed by atoms with Gasteiger partial charge < -0.3 is 19.9 Å². The fraction of sp³-hybridized carbons (Fsp3) is 0.265. The third-order valence-corrected chi connectivity index (χ3v) is 8.03. The van der Waals surface area contributed by atoms with Gasteiger partial charge in [-0.15, -0.1) is 0 Å². The largest absolute Gasteiger partial charge is 0.492 e. The number of benzene rings is 1. The summed E-state index contributed by atoms with van der Waals surface area (Å²) in [6.07, 6.45) is 7.45. The van der Waals surface area contributed by atoms with E-state index in [0.717, 1.165) is 41.7 Å². The maximum absolute atomic E-state index is 14.8. The van der Waals surface area contributed by atoms with E-state index in [9.17, 15) is 9.18 Å². The highest BCUT2D eigenvalue weighted by Crippen LogP contribution is 2.35. The van der Waals surface area contributed by atoms with Gasteiger partial charge in [0.15, 0.2) is 0 Å². The molecule has 1 amide bonds. The van der Waals surface area contributed by atoms with E-state index < -0.39 is 0 Å². The van der Waals surface area contributed by atoms with Crippen LogP contribution in [0.5, 0.6) is 5.75 Å². The van der Waals surface area contributed by atoms with E-state index in [1.54, 1.807) is 23.5 Å². The molecule has 11 nitrogen and oxygen atoms in total. The third-order valence-electron chi connectivity index (χ3n) is 8.03. The molecule has 1 fully saturated rings. The average molecular weight is 620 g/mol. The van der Waals surface area contributed by atoms with Crippen molar-refractivity contribution in [1.82, 2.24) is 39.9 Å². The molecule has 0 saturated carbocycles. The summed E-state index contributed by atoms with van der Waals surface area (Å²) in [6.45, 7) is 3.78. The lowest BCUT2D eigenvalue weighted by molar-refractivity contribution is -0.116. The first-order valence-electron chi connectivity index (χ1n) is 15.3. The standard InChI is InChI=1S/C34H34FN9O2/c1-43(2)20-31(45)38-24-14-22(18-36-19-24)28-5-6-29-32(39-28)33(42-41-29)30-17-27-26(7-8-37-34(27)40-30)21-13-23(35)16-25(15-21)46-12-11-44-9-3-4-10-44/h5-8,13-19H,3-4,9-12,20H2,1-2H3,(H,37,40)(H,38,45)(H,41,42). The number of ether oxygens (including phenoxy) is 1. The molecule has 7 rings (SSSR count). The van der Waals surface area contributed by atoms with Crippen LogP contribution >= 0.6 is 0 Å². The first kappa shape index (κ1) is 29.5. The topological polar surface area (TPSA) is 128 Å². The van der Waals surface area contributed by atoms with Crippen LogP contribution in [-0.2, 0) is 4.79 Å². The molecule has 6 heterocycles. The number of likely N-dealkylation sites (tertiary alicyclic amines) is 1. The zero-order valence-electron chi connectivity index (χ0n) is 25.7. The fourth-order valence-corrected chi connectivity index (χ4v) is 5.89. The molecule has 0 aliphatic carbocycles. The summed E-state index contributed by atoms with van der Waals surface area (Å²) < 4.78 is 20.8. The zero-order valence-corrected chi connectivity index (χ0v) is 25.7. The number of halogens is 1. The number of nitrogens with one attached hydrogen (secondary N) is 3. The predicted octanol–water partition coefficient (Wildman–Crippen LogP) is 5.34. The minimum Gasteiger partial charge on any atom is -0.492 e. The van der Waals surface area contributed by atoms with Gasteiger partial charge in [-0.1, -0.05) is 0 Å². The summed E-state index contributed by atoms with van der Waals surface area (Å²) in [5, 5.41) is 11.3. The number of amides is 1. The third kappa shape index (κ3) is 6.30. The van der Waals surface area contributed by atoms with Gasteiger partial charge in [-0.05, 0) is 93.6 Å². The Morgan fingerprint density at radius 2 is 1.93 bits per heavy atom. The quantitative estimate of drug-likeness (QED) is 0.187. The molecule has 0 spiro atoms. The van der Waals surface area contributed by atoms with Gasteiger partial charge in [0.05, 0.1) is 35.3 Å². The number of hydrogen-bond acceptors (Lipinski definition) is 8. The molecule has 1 aliphatic heterocycles. The van der Waals surface area contributed by atoms with Crippen molar-refractivity contribution < 1.29 is 13.9 Å². The van der Waals surface area contributed by atoms with Crippen LogP contribution in [0.2, 0.25) is 0 Å². The second-order valence-corrected chi connectivity index (χ2v) is 11.8. The number of aromatic amines is 2. The zero-order chi connectivity index (χ0) is 31.6. The number of aromatic nitrogens is 6. The van der Waals surface area contributed by atoms with E-state index in [4.69, 9.17) is 9.72 Å². The number of likely N-dealkylation sites (N-methyl/N-ethyl adjacent to an activating group) is 1. The van der Waals surface area contributed by atoms with Crippen molar-refractivity contribution >= 4 is 33.7 Å². The highest BCUT2D eigenvalue weighted by Gasteiger charge is 2.18. The molecule has 12 heteroatoms. The van der Waals surface area contributed by atoms with Crippen molar-refractivity contribution in [1.29, 1.82) is 0 Å². The van der Waals surface area contributed by atoms with E-state index >= 15 is 0 Å². The highest BCUT2D eigenvalue weighted by atomic mass is 19.1. The Labute approximate surface area is 264 Å². The number of rotatable bonds is 10. The number of fused-ring (bicyclic) bond motifs is 2. The van der Waals surface area contributed by atoms with Crippen LogP contribution in [0.15, 0.2) is 67.1 Å². The molecule has 0 radical (unpaired) electrons. The van der Waals surface area contributed by atoms with Gasteiger partial charge in [0.1, 0.15) is 35.0 Å². The molecule has 1 aliphatic rings. The number of anilines is 1. The minimum absolute atomic E-state index is 0.129. The van der Waals surface area contributed by atoms with Crippen molar-refractivity contribution in [2.24, 2.45) is 0 Å². The average Bonchev–Trinajstić information content (AvgIpc) is 3.80. The van der Waals surface area contributed by atoms with Crippen LogP contribution in [0, 0.1) is 5.82 Å². The van der Waals surface area contributed by atoms with Gasteiger partial charge >= 0.3 is 0 Å². The Kier molecular flexibility index (Phi) is 8.12. The molecule has 1 aromatic carbocycles. The van der Waals surface area contributed by atoms with Crippen molar-refractivity contribution in [2.75, 3.05) is 52.2 Å². The van der Waals surface area contributed by atoms with Gasteiger partial charge in [-0.3, -0.25) is 19.8 Å². The Morgan fingerprint density at radius 3 is 2.78 bits per heavy atom. The van der Waals surface area contributed by atoms with Crippen LogP contribution in [0.25, 0.3) is 55.8 Å². The van der Waals surface area contributed by atoms with Gasteiger partial charge in [0.25, 0.3) is 0 Å². The molecular formula is C34H34FN9O2. The van der Waals surface area contributed by atoms with Crippen molar-refractivity contribution in [3.05, 3.63) is 72.9 Å². The van der Waals surface area contributed by atoms with Crippen molar-refractivity contribution in [3.63, 3.8) is 0 Å². The molecule has 1 saturated heterocycles. The summed E-state index contributed by atoms with van der Waals surface area (Å²) in [6, 6.07) is 14.3. The monoisotopic (exact) mass is 619 g/mol. The van der Waals surface area contributed by atoms with Gasteiger partial charge in [-0.2, -0.15) is 5.10 Å². The number of H-pyrrole nitrogens is 2. The molecule has 3 N–H and O–H groups in total. The molecule has 234 valence electrons. The summed E-state index contributed by atoms with van der Waals surface area (Å²) in [7, 11) is 3.67. The summed E-state index contributed by atoms with van der Waals surface area (Å²) in [4.78, 5) is 33.6. The van der Waals surface area contributed by atoms with Crippen molar-refractivity contribution in [3.8, 4) is 39.5 Å². The second kappa shape index (κ2) is 12.7. The maximum atomic E-state index is 14.8. The Bertz CT molecular complexity index is 2030. The van der Waals surface area contributed by atoms with Gasteiger partial charge in [0, 0.05) is 36.0 Å². The fourth-order valence-electron chi connectivity index (χ4n) is 5.89. The minimum atomic E-state index is -0.361. The Hall–Kier alpha value is -5.20. The lowest BCUT2D eigenvalue weighted by Crippen LogP contribution is -2.27. The first-order chi connectivity index (χ1) is 22.4. The molecular weight excluding hydrogens is 585 g/mol. The lowest BCUT2D eigenvalue weighted by Gasteiger charge is -2.15. The Morgan fingerprint density at radius 1 is 1.07 bits per heavy atom. The van der Waals surface area contributed by atoms with Crippen LogP contribution in [-0.4, -0.2) is 92.7 Å². The maximum Gasteiger partial charge on any atom is 0.238 e. The van der Waals surface area contributed by atoms with Crippen molar-refractivity contribution in [2.45, 2.75) is 12.8 Å². The summed E-state index contributed by atoms with van der Waals surface area (Å²) in [5.41, 5.74) is 6.94. The van der Waals surface area contributed by atoms with Crippen LogP contribution in [0.3, 0.4) is 0 Å². The number of carbonyl (C=O) groups is 1. The number of nitrogens with zero attached hydrogens (tertiary/aromatic N) is 6. The number of pyridine rings is 3. The van der Waals surface area contributed by atoms with Gasteiger partial charge in [-0.25, -0.2) is 14.4 Å². The molecule has 46 heavy (non-hydrogen) atoms. The number of carbonyl (C=O) groups excluding carboxylic acids is 1. The highest BCUT2D eigenvalue weighted by molar-refractivity contribution is 5.99. The first-order valence-corrected chi connectivity index (χ1v) is 15.3. The van der Waals surface area contributed by atoms with E-state index in [2.05, 4.69) is 35.4 Å². The van der Waals surface area contributed by atoms with E-state index in [-0.39, 0.29) is 18.3 Å². The summed E-state index contributed by atoms with van der Waals surface area (Å²) >= 11 is 0. The molecule has 0 atom stereocenters. The van der Waals surface area contributed by atoms with Gasteiger partial charge in [0.2, 0.25) is 5.91 Å². The molecule has 0 bridgehead atoms. The van der Waals surface area contributed by atoms with Crippen LogP contribution in [0.1, 0.15) is 12.8 Å².